The Morgan fingerprint density at radius 3 is 2.43 bits per heavy atom. The lowest BCUT2D eigenvalue weighted by atomic mass is 10.1. The third-order valence-electron chi connectivity index (χ3n) is 3.62. The van der Waals surface area contributed by atoms with Gasteiger partial charge in [0.15, 0.2) is 0 Å². The first-order valence-electron chi connectivity index (χ1n) is 8.30. The number of nitro benzene ring substituents is 1. The molecule has 0 unspecified atom stereocenters. The van der Waals surface area contributed by atoms with Crippen LogP contribution in [0.4, 0.5) is 5.69 Å². The smallest absolute Gasteiger partial charge is 0.269 e. The number of rotatable bonds is 9. The Hall–Kier alpha value is -4.01. The summed E-state index contributed by atoms with van der Waals surface area (Å²) in [6.45, 7) is 4.28. The van der Waals surface area contributed by atoms with Crippen LogP contribution in [0.2, 0.25) is 0 Å². The van der Waals surface area contributed by atoms with Crippen molar-refractivity contribution < 1.29 is 14.5 Å². The second-order valence-electron chi connectivity index (χ2n) is 5.59. The maximum atomic E-state index is 10.7. The number of hydrogen-bond donors (Lipinski definition) is 0. The molecule has 0 spiro atoms. The van der Waals surface area contributed by atoms with Gasteiger partial charge in [-0.2, -0.15) is 5.10 Å². The van der Waals surface area contributed by atoms with Crippen molar-refractivity contribution in [2.75, 3.05) is 6.61 Å². The second kappa shape index (κ2) is 9.08. The first-order valence-corrected chi connectivity index (χ1v) is 8.30. The van der Waals surface area contributed by atoms with Gasteiger partial charge in [0.2, 0.25) is 0 Å². The van der Waals surface area contributed by atoms with Crippen LogP contribution in [-0.2, 0) is 11.4 Å². The van der Waals surface area contributed by atoms with Crippen molar-refractivity contribution in [3.05, 3.63) is 89.5 Å². The van der Waals surface area contributed by atoms with Gasteiger partial charge in [-0.15, -0.1) is 0 Å². The van der Waals surface area contributed by atoms with E-state index >= 15 is 0 Å². The van der Waals surface area contributed by atoms with Gasteiger partial charge in [-0.1, -0.05) is 17.8 Å². The molecule has 0 aliphatic rings. The van der Waals surface area contributed by atoms with Crippen molar-refractivity contribution in [3.8, 4) is 11.5 Å². The Bertz CT molecular complexity index is 951. The summed E-state index contributed by atoms with van der Waals surface area (Å²) in [4.78, 5) is 19.4. The van der Waals surface area contributed by atoms with E-state index in [0.717, 1.165) is 5.56 Å². The van der Waals surface area contributed by atoms with Crippen LogP contribution in [0.3, 0.4) is 0 Å². The number of ether oxygens (including phenoxy) is 1. The molecule has 0 saturated heterocycles. The fourth-order valence-electron chi connectivity index (χ4n) is 2.30. The van der Waals surface area contributed by atoms with Crippen LogP contribution in [-0.4, -0.2) is 32.0 Å². The van der Waals surface area contributed by atoms with E-state index in [0.29, 0.717) is 30.4 Å². The van der Waals surface area contributed by atoms with Crippen LogP contribution >= 0.6 is 0 Å². The number of nitrogens with zero attached hydrogens (tertiary/aromatic N) is 5. The van der Waals surface area contributed by atoms with Crippen molar-refractivity contribution in [2.45, 2.75) is 6.54 Å². The minimum absolute atomic E-state index is 0.0104. The molecule has 142 valence electrons. The van der Waals surface area contributed by atoms with Crippen molar-refractivity contribution in [1.29, 1.82) is 0 Å². The van der Waals surface area contributed by atoms with Gasteiger partial charge >= 0.3 is 0 Å². The standard InChI is InChI=1S/C19H17N5O4/c1-2-11-27-22-19(12-23-14-20-13-21-23)15-3-7-17(8-4-15)28-18-9-5-16(6-10-18)24(25)26/h2-10,13-14H,1,11-12H2. The van der Waals surface area contributed by atoms with Gasteiger partial charge in [0.05, 0.1) is 11.5 Å². The molecule has 9 nitrogen and oxygen atoms in total. The Labute approximate surface area is 160 Å². The van der Waals surface area contributed by atoms with E-state index in [1.165, 1.54) is 18.5 Å². The zero-order chi connectivity index (χ0) is 19.8. The summed E-state index contributed by atoms with van der Waals surface area (Å²) < 4.78 is 7.35. The highest BCUT2D eigenvalue weighted by Crippen LogP contribution is 2.24. The minimum Gasteiger partial charge on any atom is -0.457 e. The number of oxime groups is 1. The zero-order valence-electron chi connectivity index (χ0n) is 14.8. The van der Waals surface area contributed by atoms with Gasteiger partial charge < -0.3 is 9.57 Å². The highest BCUT2D eigenvalue weighted by atomic mass is 16.6. The van der Waals surface area contributed by atoms with Gasteiger partial charge in [0, 0.05) is 17.7 Å². The molecule has 0 N–H and O–H groups in total. The van der Waals surface area contributed by atoms with Crippen LogP contribution in [0.5, 0.6) is 11.5 Å². The number of benzene rings is 2. The second-order valence-corrected chi connectivity index (χ2v) is 5.59. The zero-order valence-corrected chi connectivity index (χ0v) is 14.8. The molecule has 0 fully saturated rings. The molecule has 0 bridgehead atoms. The van der Waals surface area contributed by atoms with E-state index in [1.54, 1.807) is 41.4 Å². The molecule has 0 amide bonds. The Kier molecular flexibility index (Phi) is 6.09. The summed E-state index contributed by atoms with van der Waals surface area (Å²) in [7, 11) is 0. The number of aromatic nitrogens is 3. The van der Waals surface area contributed by atoms with Gasteiger partial charge in [-0.05, 0) is 36.4 Å². The molecule has 0 radical (unpaired) electrons. The molecule has 0 saturated carbocycles. The lowest BCUT2D eigenvalue weighted by Gasteiger charge is -2.09. The SMILES string of the molecule is C=CCON=C(Cn1cncn1)c1ccc(Oc2ccc([N+](=O)[O-])cc2)cc1. The number of hydrogen-bond acceptors (Lipinski definition) is 7. The van der Waals surface area contributed by atoms with Crippen LogP contribution in [0.25, 0.3) is 0 Å². The molecule has 9 heteroatoms. The number of nitro groups is 1. The highest BCUT2D eigenvalue weighted by Gasteiger charge is 2.09. The van der Waals surface area contributed by atoms with Crippen molar-refractivity contribution in [2.24, 2.45) is 5.16 Å². The Balaban J connectivity index is 1.73. The first-order chi connectivity index (χ1) is 13.7. The van der Waals surface area contributed by atoms with E-state index in [-0.39, 0.29) is 5.69 Å². The predicted octanol–water partition coefficient (Wildman–Crippen LogP) is 3.59. The Morgan fingerprint density at radius 1 is 1.18 bits per heavy atom. The average molecular weight is 379 g/mol. The van der Waals surface area contributed by atoms with Crippen molar-refractivity contribution >= 4 is 11.4 Å². The van der Waals surface area contributed by atoms with E-state index in [2.05, 4.69) is 21.8 Å². The molecule has 0 atom stereocenters. The van der Waals surface area contributed by atoms with Crippen LogP contribution in [0, 0.1) is 10.1 Å². The summed E-state index contributed by atoms with van der Waals surface area (Å²) in [6.07, 6.45) is 4.65. The molecule has 28 heavy (non-hydrogen) atoms. The van der Waals surface area contributed by atoms with E-state index in [9.17, 15) is 10.1 Å². The highest BCUT2D eigenvalue weighted by molar-refractivity contribution is 6.00. The first kappa shape index (κ1) is 18.8. The predicted molar refractivity (Wildman–Crippen MR) is 102 cm³/mol. The van der Waals surface area contributed by atoms with E-state index < -0.39 is 4.92 Å². The molecule has 0 aliphatic heterocycles. The van der Waals surface area contributed by atoms with Gasteiger partial charge in [-0.25, -0.2) is 9.67 Å². The monoisotopic (exact) mass is 379 g/mol. The topological polar surface area (TPSA) is 105 Å². The van der Waals surface area contributed by atoms with Crippen LogP contribution in [0.15, 0.2) is 79.0 Å². The molecular weight excluding hydrogens is 362 g/mol. The maximum absolute atomic E-state index is 10.7. The molecule has 3 rings (SSSR count). The van der Waals surface area contributed by atoms with Gasteiger partial charge in [0.1, 0.15) is 36.5 Å². The molecule has 0 aliphatic carbocycles. The fourth-order valence-corrected chi connectivity index (χ4v) is 2.30. The molecule has 1 heterocycles. The largest absolute Gasteiger partial charge is 0.457 e. The van der Waals surface area contributed by atoms with Crippen LogP contribution in [0.1, 0.15) is 5.56 Å². The lowest BCUT2D eigenvalue weighted by molar-refractivity contribution is -0.384. The van der Waals surface area contributed by atoms with Gasteiger partial charge in [-0.3, -0.25) is 10.1 Å². The lowest BCUT2D eigenvalue weighted by Crippen LogP contribution is -2.13. The third-order valence-corrected chi connectivity index (χ3v) is 3.62. The average Bonchev–Trinajstić information content (AvgIpc) is 3.22. The molecular formula is C19H17N5O4. The van der Waals surface area contributed by atoms with Crippen molar-refractivity contribution in [1.82, 2.24) is 14.8 Å². The van der Waals surface area contributed by atoms with Crippen molar-refractivity contribution in [3.63, 3.8) is 0 Å². The molecule has 1 aromatic heterocycles. The van der Waals surface area contributed by atoms with E-state index in [4.69, 9.17) is 9.57 Å². The van der Waals surface area contributed by atoms with Gasteiger partial charge in [0.25, 0.3) is 5.69 Å². The molecule has 3 aromatic rings. The quantitative estimate of drug-likeness (QED) is 0.185. The normalized spacial score (nSPS) is 11.1. The summed E-state index contributed by atoms with van der Waals surface area (Å²) in [6, 6.07) is 13.1. The maximum Gasteiger partial charge on any atom is 0.269 e. The Morgan fingerprint density at radius 2 is 1.86 bits per heavy atom. The fraction of sp³-hybridized carbons (Fsp3) is 0.105. The summed E-state index contributed by atoms with van der Waals surface area (Å²) in [5.41, 5.74) is 1.50. The summed E-state index contributed by atoms with van der Waals surface area (Å²) in [5.74, 6) is 1.09. The third kappa shape index (κ3) is 5.01. The minimum atomic E-state index is -0.455. The molecule has 2 aromatic carbocycles. The van der Waals surface area contributed by atoms with Crippen LogP contribution < -0.4 is 4.74 Å². The van der Waals surface area contributed by atoms with E-state index in [1.807, 2.05) is 12.1 Å². The number of non-ortho nitro benzene ring substituents is 1. The summed E-state index contributed by atoms with van der Waals surface area (Å²) >= 11 is 0. The summed E-state index contributed by atoms with van der Waals surface area (Å²) in [5, 5.41) is 18.9.